The molecule has 0 fully saturated rings. The van der Waals surface area contributed by atoms with Gasteiger partial charge in [0.25, 0.3) is 9.68 Å². The van der Waals surface area contributed by atoms with Crippen molar-refractivity contribution < 1.29 is 4.42 Å². The predicted octanol–water partition coefficient (Wildman–Crippen LogP) is 3.39. The molecule has 0 saturated carbocycles. The topological polar surface area (TPSA) is 91.0 Å². The van der Waals surface area contributed by atoms with Crippen molar-refractivity contribution in [2.75, 3.05) is 11.5 Å². The molecular weight excluding hydrogens is 311 g/mol. The van der Waals surface area contributed by atoms with Crippen molar-refractivity contribution in [1.29, 1.82) is 0 Å². The highest BCUT2D eigenvalue weighted by Gasteiger charge is 2.29. The number of nitrogens with zero attached hydrogens (tertiary/aromatic N) is 2. The minimum atomic E-state index is -1.66. The van der Waals surface area contributed by atoms with E-state index in [-0.39, 0.29) is 11.8 Å². The maximum atomic E-state index is 5.43. The molecule has 0 aliphatic rings. The fraction of sp³-hybridized carbons (Fsp3) is 0.0909. The fourth-order valence-electron chi connectivity index (χ4n) is 0.943. The van der Waals surface area contributed by atoms with Gasteiger partial charge in [0.1, 0.15) is 0 Å². The zero-order valence-corrected chi connectivity index (χ0v) is 12.0. The van der Waals surface area contributed by atoms with Crippen LogP contribution >= 0.6 is 34.8 Å². The van der Waals surface area contributed by atoms with Crippen molar-refractivity contribution in [3.63, 3.8) is 0 Å². The second-order valence-corrected chi connectivity index (χ2v) is 5.56. The Balaban J connectivity index is 0.000000200. The molecule has 102 valence electrons. The summed E-state index contributed by atoms with van der Waals surface area (Å²) in [5.74, 6) is 0.170. The smallest absolute Gasteiger partial charge is 0.268 e. The lowest BCUT2D eigenvalue weighted by Crippen LogP contribution is -1.99. The molecule has 4 N–H and O–H groups in total. The number of rotatable bonds is 1. The third kappa shape index (κ3) is 4.98. The molecule has 2 rings (SSSR count). The van der Waals surface area contributed by atoms with Gasteiger partial charge in [-0.25, -0.2) is 0 Å². The largest absolute Gasteiger partial charge is 0.417 e. The number of nitrogen functional groups attached to an aromatic ring is 2. The Morgan fingerprint density at radius 2 is 1.63 bits per heavy atom. The van der Waals surface area contributed by atoms with Gasteiger partial charge >= 0.3 is 0 Å². The van der Waals surface area contributed by atoms with Crippen molar-refractivity contribution >= 4 is 52.3 Å². The second kappa shape index (κ2) is 6.65. The van der Waals surface area contributed by atoms with E-state index in [9.17, 15) is 0 Å². The van der Waals surface area contributed by atoms with Crippen LogP contribution < -0.4 is 11.5 Å². The molecule has 0 aliphatic carbocycles. The summed E-state index contributed by atoms with van der Waals surface area (Å²) in [6.45, 7) is 3.40. The van der Waals surface area contributed by atoms with Crippen molar-refractivity contribution in [2.24, 2.45) is 0 Å². The van der Waals surface area contributed by atoms with Gasteiger partial charge in [-0.3, -0.25) is 0 Å². The van der Waals surface area contributed by atoms with E-state index < -0.39 is 3.79 Å². The highest BCUT2D eigenvalue weighted by atomic mass is 35.6. The van der Waals surface area contributed by atoms with Gasteiger partial charge in [-0.2, -0.15) is 0 Å². The first kappa shape index (κ1) is 15.6. The SMILES string of the molecule is C=Cc1nnc(C(Cl)(Cl)Cl)o1.Nc1ccccc1N. The van der Waals surface area contributed by atoms with Gasteiger partial charge in [-0.05, 0) is 18.2 Å². The number of halogens is 3. The fourth-order valence-corrected chi connectivity index (χ4v) is 1.17. The van der Waals surface area contributed by atoms with Gasteiger partial charge in [-0.1, -0.05) is 53.5 Å². The van der Waals surface area contributed by atoms with Crippen LogP contribution in [0, 0.1) is 0 Å². The first-order chi connectivity index (χ1) is 8.84. The van der Waals surface area contributed by atoms with E-state index in [0.717, 1.165) is 0 Å². The molecule has 0 saturated heterocycles. The van der Waals surface area contributed by atoms with Gasteiger partial charge < -0.3 is 15.9 Å². The number of hydrogen-bond donors (Lipinski definition) is 2. The molecule has 1 aromatic carbocycles. The van der Waals surface area contributed by atoms with E-state index in [1.807, 2.05) is 12.1 Å². The number of aromatic nitrogens is 2. The quantitative estimate of drug-likeness (QED) is 0.620. The third-order valence-corrected chi connectivity index (χ3v) is 2.34. The first-order valence-electron chi connectivity index (χ1n) is 4.97. The molecule has 1 heterocycles. The molecule has 1 aromatic heterocycles. The van der Waals surface area contributed by atoms with Gasteiger partial charge in [0.2, 0.25) is 5.89 Å². The number of alkyl halides is 3. The Morgan fingerprint density at radius 1 is 1.11 bits per heavy atom. The zero-order valence-electron chi connectivity index (χ0n) is 9.69. The Hall–Kier alpha value is -1.43. The zero-order chi connectivity index (χ0) is 14.5. The van der Waals surface area contributed by atoms with Crippen molar-refractivity contribution in [2.45, 2.75) is 3.79 Å². The molecular formula is C11H11Cl3N4O. The molecule has 0 bridgehead atoms. The second-order valence-electron chi connectivity index (χ2n) is 3.28. The Kier molecular flexibility index (Phi) is 5.47. The summed E-state index contributed by atoms with van der Waals surface area (Å²) in [4.78, 5) is 0. The van der Waals surface area contributed by atoms with Crippen LogP contribution in [0.4, 0.5) is 11.4 Å². The van der Waals surface area contributed by atoms with E-state index in [1.54, 1.807) is 12.1 Å². The lowest BCUT2D eigenvalue weighted by atomic mass is 10.3. The van der Waals surface area contributed by atoms with Crippen molar-refractivity contribution in [3.8, 4) is 0 Å². The van der Waals surface area contributed by atoms with Crippen molar-refractivity contribution in [3.05, 3.63) is 42.6 Å². The van der Waals surface area contributed by atoms with E-state index in [1.165, 1.54) is 6.08 Å². The number of anilines is 2. The molecule has 2 aromatic rings. The normalized spacial score (nSPS) is 10.5. The summed E-state index contributed by atoms with van der Waals surface area (Å²) in [6, 6.07) is 7.25. The Bertz CT molecular complexity index is 530. The highest BCUT2D eigenvalue weighted by Crippen LogP contribution is 2.36. The summed E-state index contributed by atoms with van der Waals surface area (Å²) < 4.78 is 3.20. The van der Waals surface area contributed by atoms with Gasteiger partial charge in [0, 0.05) is 0 Å². The van der Waals surface area contributed by atoms with Gasteiger partial charge in [0.15, 0.2) is 0 Å². The number of para-hydroxylation sites is 2. The minimum absolute atomic E-state index is 0.0580. The number of nitrogens with two attached hydrogens (primary N) is 2. The number of hydrogen-bond acceptors (Lipinski definition) is 5. The summed E-state index contributed by atoms with van der Waals surface area (Å²) >= 11 is 16.3. The monoisotopic (exact) mass is 320 g/mol. The van der Waals surface area contributed by atoms with Crippen LogP contribution in [0.25, 0.3) is 6.08 Å². The molecule has 0 atom stereocenters. The van der Waals surface area contributed by atoms with E-state index in [4.69, 9.17) is 50.7 Å². The summed E-state index contributed by atoms with van der Waals surface area (Å²) in [7, 11) is 0. The molecule has 19 heavy (non-hydrogen) atoms. The van der Waals surface area contributed by atoms with Crippen LogP contribution in [-0.4, -0.2) is 10.2 Å². The van der Waals surface area contributed by atoms with Gasteiger partial charge in [0.05, 0.1) is 11.4 Å². The maximum Gasteiger partial charge on any atom is 0.268 e. The van der Waals surface area contributed by atoms with E-state index in [2.05, 4.69) is 16.8 Å². The molecule has 0 amide bonds. The minimum Gasteiger partial charge on any atom is -0.417 e. The standard InChI is InChI=1S/C6H8N2.C5H3Cl3N2O/c7-5-3-1-2-4-6(5)8;1-2-3-9-10-4(11-3)5(6,7)8/h1-4H,7-8H2;2H,1H2. The van der Waals surface area contributed by atoms with Crippen LogP contribution in [0.5, 0.6) is 0 Å². The molecule has 0 aliphatic heterocycles. The highest BCUT2D eigenvalue weighted by molar-refractivity contribution is 6.66. The van der Waals surface area contributed by atoms with Gasteiger partial charge in [-0.15, -0.1) is 10.2 Å². The van der Waals surface area contributed by atoms with Crippen LogP contribution in [0.2, 0.25) is 0 Å². The Labute approximate surface area is 125 Å². The summed E-state index contributed by atoms with van der Waals surface area (Å²) in [5.41, 5.74) is 12.1. The average molecular weight is 322 g/mol. The van der Waals surface area contributed by atoms with Crippen molar-refractivity contribution in [1.82, 2.24) is 10.2 Å². The van der Waals surface area contributed by atoms with E-state index in [0.29, 0.717) is 11.4 Å². The molecule has 0 unspecified atom stereocenters. The first-order valence-corrected chi connectivity index (χ1v) is 6.11. The molecule has 0 spiro atoms. The lowest BCUT2D eigenvalue weighted by Gasteiger charge is -2.01. The molecule has 8 heteroatoms. The summed E-state index contributed by atoms with van der Waals surface area (Å²) in [5, 5.41) is 6.99. The maximum absolute atomic E-state index is 5.43. The van der Waals surface area contributed by atoms with Crippen LogP contribution in [0.3, 0.4) is 0 Å². The van der Waals surface area contributed by atoms with E-state index >= 15 is 0 Å². The summed E-state index contributed by atoms with van der Waals surface area (Å²) in [6.07, 6.45) is 1.37. The van der Waals surface area contributed by atoms with Crippen LogP contribution in [-0.2, 0) is 3.79 Å². The van der Waals surface area contributed by atoms with Crippen LogP contribution in [0.1, 0.15) is 11.8 Å². The lowest BCUT2D eigenvalue weighted by molar-refractivity contribution is 0.493. The molecule has 0 radical (unpaired) electrons. The third-order valence-electron chi connectivity index (χ3n) is 1.85. The predicted molar refractivity (Wildman–Crippen MR) is 78.9 cm³/mol. The van der Waals surface area contributed by atoms with Crippen LogP contribution in [0.15, 0.2) is 35.3 Å². The average Bonchev–Trinajstić information content (AvgIpc) is 2.82. The Morgan fingerprint density at radius 3 is 1.89 bits per heavy atom. The molecule has 5 nitrogen and oxygen atoms in total. The number of benzene rings is 1.